The topological polar surface area (TPSA) is 108 Å². The fourth-order valence-electron chi connectivity index (χ4n) is 7.72. The van der Waals surface area contributed by atoms with Crippen LogP contribution in [0.5, 0.6) is 5.75 Å². The van der Waals surface area contributed by atoms with Gasteiger partial charge in [-0.3, -0.25) is 14.4 Å². The average Bonchev–Trinajstić information content (AvgIpc) is 3.54. The second-order valence-corrected chi connectivity index (χ2v) is 18.2. The molecule has 2 aliphatic rings. The SMILES string of the molecule is COc1ccc(C(=O)Nc2ccc(CN3C(=O)[C@]4(O[C@H](CC(=O)N(CCO)Cc5ccccc5)[C@@H]([Si](C)(C)F)[C@@H]4C)c4cc(Cl)ccc43)cc2)cc1. The number of fused-ring (bicyclic) bond motifs is 2. The molecule has 0 saturated carbocycles. The number of hydrogen-bond acceptors (Lipinski definition) is 6. The Morgan fingerprint density at radius 2 is 1.71 bits per heavy atom. The average molecular weight is 744 g/mol. The largest absolute Gasteiger partial charge is 0.497 e. The summed E-state index contributed by atoms with van der Waals surface area (Å²) in [7, 11) is -1.98. The maximum atomic E-state index is 16.4. The summed E-state index contributed by atoms with van der Waals surface area (Å²) in [6.45, 7) is 5.37. The maximum Gasteiger partial charge on any atom is 0.264 e. The molecule has 1 saturated heterocycles. The number of aliphatic hydroxyl groups is 1. The highest BCUT2D eigenvalue weighted by Gasteiger charge is 2.67. The van der Waals surface area contributed by atoms with Crippen molar-refractivity contribution in [3.05, 3.63) is 124 Å². The number of amides is 3. The molecule has 2 N–H and O–H groups in total. The number of carbonyl (C=O) groups excluding carboxylic acids is 3. The van der Waals surface area contributed by atoms with Crippen molar-refractivity contribution >= 4 is 49.1 Å². The number of carbonyl (C=O) groups is 3. The normalized spacial score (nSPS) is 20.9. The fraction of sp³-hybridized carbons (Fsp3) is 0.325. The quantitative estimate of drug-likeness (QED) is 0.116. The molecule has 0 unspecified atom stereocenters. The van der Waals surface area contributed by atoms with E-state index in [1.807, 2.05) is 49.4 Å². The fourth-order valence-corrected chi connectivity index (χ4v) is 10.4. The molecule has 12 heteroatoms. The molecule has 3 amide bonds. The molecule has 2 aliphatic heterocycles. The van der Waals surface area contributed by atoms with E-state index in [0.717, 1.165) is 11.1 Å². The van der Waals surface area contributed by atoms with Crippen LogP contribution in [-0.4, -0.2) is 62.5 Å². The molecule has 1 fully saturated rings. The zero-order valence-corrected chi connectivity index (χ0v) is 31.4. The molecular formula is C40H43ClFN3O6Si. The monoisotopic (exact) mass is 743 g/mol. The second-order valence-electron chi connectivity index (χ2n) is 13.9. The van der Waals surface area contributed by atoms with Crippen LogP contribution in [-0.2, 0) is 33.0 Å². The number of nitrogens with zero attached hydrogens (tertiary/aromatic N) is 2. The zero-order chi connectivity index (χ0) is 37.2. The molecule has 0 bridgehead atoms. The smallest absolute Gasteiger partial charge is 0.264 e. The zero-order valence-electron chi connectivity index (χ0n) is 29.6. The third-order valence-electron chi connectivity index (χ3n) is 10.1. The number of aliphatic hydroxyl groups excluding tert-OH is 1. The minimum Gasteiger partial charge on any atom is -0.497 e. The Hall–Kier alpha value is -4.55. The van der Waals surface area contributed by atoms with E-state index >= 15 is 4.11 Å². The van der Waals surface area contributed by atoms with Crippen molar-refractivity contribution in [3.63, 3.8) is 0 Å². The summed E-state index contributed by atoms with van der Waals surface area (Å²) in [6, 6.07) is 28.7. The summed E-state index contributed by atoms with van der Waals surface area (Å²) < 4.78 is 28.3. The van der Waals surface area contributed by atoms with Gasteiger partial charge in [0.15, 0.2) is 5.60 Å². The lowest BCUT2D eigenvalue weighted by Gasteiger charge is -2.31. The maximum absolute atomic E-state index is 16.4. The Kier molecular flexibility index (Phi) is 10.9. The van der Waals surface area contributed by atoms with Crippen LogP contribution in [0.1, 0.15) is 40.4 Å². The molecular weight excluding hydrogens is 701 g/mol. The first-order valence-electron chi connectivity index (χ1n) is 17.3. The van der Waals surface area contributed by atoms with Gasteiger partial charge in [-0.2, -0.15) is 0 Å². The highest BCUT2D eigenvalue weighted by Crippen LogP contribution is 2.60. The highest BCUT2D eigenvalue weighted by atomic mass is 35.5. The number of ether oxygens (including phenoxy) is 2. The first-order chi connectivity index (χ1) is 24.8. The lowest BCUT2D eigenvalue weighted by atomic mass is 9.82. The Morgan fingerprint density at radius 1 is 1.02 bits per heavy atom. The Bertz CT molecular complexity index is 1920. The van der Waals surface area contributed by atoms with Gasteiger partial charge < -0.3 is 33.8 Å². The summed E-state index contributed by atoms with van der Waals surface area (Å²) in [5.74, 6) is -0.861. The van der Waals surface area contributed by atoms with Crippen LogP contribution in [0, 0.1) is 5.92 Å². The molecule has 6 rings (SSSR count). The van der Waals surface area contributed by atoms with Crippen LogP contribution >= 0.6 is 11.6 Å². The minimum absolute atomic E-state index is 0.108. The molecule has 0 radical (unpaired) electrons. The summed E-state index contributed by atoms with van der Waals surface area (Å²) in [5.41, 5.74) is 1.67. The standard InChI is InChI=1S/C40H43ClFN3O6Si/c1-26-37(52(3,4)42)35(23-36(47)44(20-21-46)24-27-8-6-5-7-9-27)51-40(26)33-22-30(41)14-19-34(33)45(39(40)49)25-28-10-15-31(16-11-28)43-38(48)29-12-17-32(50-2)18-13-29/h5-19,22,26,35,37,46H,20-21,23-25H2,1-4H3,(H,43,48)/t26-,35+,37-,40+/m0/s1. The van der Waals surface area contributed by atoms with Crippen molar-refractivity contribution in [1.82, 2.24) is 4.90 Å². The van der Waals surface area contributed by atoms with Crippen LogP contribution in [0.25, 0.3) is 0 Å². The Balaban J connectivity index is 1.25. The van der Waals surface area contributed by atoms with E-state index in [-0.39, 0.29) is 50.4 Å². The van der Waals surface area contributed by atoms with Gasteiger partial charge in [-0.05, 0) is 78.8 Å². The first-order valence-corrected chi connectivity index (χ1v) is 20.6. The number of nitrogens with one attached hydrogen (secondary N) is 1. The van der Waals surface area contributed by atoms with E-state index in [1.54, 1.807) is 84.6 Å². The molecule has 272 valence electrons. The number of hydrogen-bond donors (Lipinski definition) is 2. The van der Waals surface area contributed by atoms with Gasteiger partial charge in [0.05, 0.1) is 38.5 Å². The van der Waals surface area contributed by atoms with Crippen LogP contribution in [0.3, 0.4) is 0 Å². The molecule has 4 aromatic rings. The lowest BCUT2D eigenvalue weighted by Crippen LogP contribution is -2.45. The number of rotatable bonds is 12. The Morgan fingerprint density at radius 3 is 2.35 bits per heavy atom. The van der Waals surface area contributed by atoms with Crippen molar-refractivity contribution < 1.29 is 33.1 Å². The highest BCUT2D eigenvalue weighted by molar-refractivity contribution is 6.72. The molecule has 52 heavy (non-hydrogen) atoms. The van der Waals surface area contributed by atoms with Crippen LogP contribution in [0.2, 0.25) is 23.7 Å². The lowest BCUT2D eigenvalue weighted by molar-refractivity contribution is -0.150. The van der Waals surface area contributed by atoms with Gasteiger partial charge in [-0.25, -0.2) is 0 Å². The third kappa shape index (κ3) is 7.36. The molecule has 9 nitrogen and oxygen atoms in total. The molecule has 4 atom stereocenters. The van der Waals surface area contributed by atoms with Crippen LogP contribution < -0.4 is 15.0 Å². The predicted molar refractivity (Wildman–Crippen MR) is 202 cm³/mol. The van der Waals surface area contributed by atoms with Crippen LogP contribution in [0.15, 0.2) is 97.1 Å². The van der Waals surface area contributed by atoms with E-state index in [1.165, 1.54) is 0 Å². The van der Waals surface area contributed by atoms with Gasteiger partial charge in [-0.1, -0.05) is 61.0 Å². The van der Waals surface area contributed by atoms with Gasteiger partial charge >= 0.3 is 0 Å². The van der Waals surface area contributed by atoms with E-state index < -0.39 is 31.6 Å². The van der Waals surface area contributed by atoms with Gasteiger partial charge in [0.1, 0.15) is 5.75 Å². The van der Waals surface area contributed by atoms with Crippen molar-refractivity contribution in [1.29, 1.82) is 0 Å². The van der Waals surface area contributed by atoms with Gasteiger partial charge in [0, 0.05) is 46.4 Å². The van der Waals surface area contributed by atoms with Crippen molar-refractivity contribution in [3.8, 4) is 5.75 Å². The van der Waals surface area contributed by atoms with E-state index in [4.69, 9.17) is 21.1 Å². The van der Waals surface area contributed by atoms with Crippen molar-refractivity contribution in [2.75, 3.05) is 30.5 Å². The van der Waals surface area contributed by atoms with Crippen molar-refractivity contribution in [2.45, 2.75) is 56.8 Å². The number of halogens is 2. The van der Waals surface area contributed by atoms with Gasteiger partial charge in [-0.15, -0.1) is 0 Å². The van der Waals surface area contributed by atoms with Gasteiger partial charge in [0.25, 0.3) is 11.8 Å². The van der Waals surface area contributed by atoms with Gasteiger partial charge in [0.2, 0.25) is 14.3 Å². The third-order valence-corrected chi connectivity index (χ3v) is 12.8. The van der Waals surface area contributed by atoms with E-state index in [2.05, 4.69) is 5.32 Å². The summed E-state index contributed by atoms with van der Waals surface area (Å²) in [6.07, 6.45) is -1.02. The molecule has 4 aromatic carbocycles. The summed E-state index contributed by atoms with van der Waals surface area (Å²) in [4.78, 5) is 44.6. The predicted octanol–water partition coefficient (Wildman–Crippen LogP) is 7.33. The molecule has 2 heterocycles. The number of methoxy groups -OCH3 is 1. The van der Waals surface area contributed by atoms with E-state index in [9.17, 15) is 19.5 Å². The van der Waals surface area contributed by atoms with Crippen molar-refractivity contribution in [2.24, 2.45) is 5.92 Å². The number of benzene rings is 4. The van der Waals surface area contributed by atoms with Crippen LogP contribution in [0.4, 0.5) is 15.5 Å². The summed E-state index contributed by atoms with van der Waals surface area (Å²) >= 11 is 6.53. The Labute approximate surface area is 309 Å². The number of anilines is 2. The molecule has 0 aromatic heterocycles. The molecule has 1 spiro atoms. The second kappa shape index (κ2) is 15.2. The van der Waals surface area contributed by atoms with E-state index in [0.29, 0.717) is 33.3 Å². The minimum atomic E-state index is -3.54. The molecule has 0 aliphatic carbocycles. The summed E-state index contributed by atoms with van der Waals surface area (Å²) in [5, 5.41) is 13.1. The first kappa shape index (κ1) is 37.2.